The van der Waals surface area contributed by atoms with Crippen molar-refractivity contribution in [1.29, 1.82) is 0 Å². The highest BCUT2D eigenvalue weighted by atomic mass is 32.2. The van der Waals surface area contributed by atoms with Crippen LogP contribution < -0.4 is 0 Å². The summed E-state index contributed by atoms with van der Waals surface area (Å²) in [7, 11) is 1.55. The maximum atomic E-state index is 12.8. The van der Waals surface area contributed by atoms with Crippen LogP contribution in [0.15, 0.2) is 40.5 Å². The van der Waals surface area contributed by atoms with Gasteiger partial charge in [-0.1, -0.05) is 43.0 Å². The van der Waals surface area contributed by atoms with Crippen molar-refractivity contribution >= 4 is 28.8 Å². The fraction of sp³-hybridized carbons (Fsp3) is 0.450. The van der Waals surface area contributed by atoms with E-state index in [0.717, 1.165) is 12.0 Å². The molecule has 0 bridgehead atoms. The fourth-order valence-electron chi connectivity index (χ4n) is 3.20. The Morgan fingerprint density at radius 2 is 2.04 bits per heavy atom. The molecule has 2 heterocycles. The minimum absolute atomic E-state index is 0.0215. The molecule has 1 saturated heterocycles. The first-order valence-electron chi connectivity index (χ1n) is 9.06. The van der Waals surface area contributed by atoms with E-state index in [4.69, 9.17) is 9.47 Å². The predicted molar refractivity (Wildman–Crippen MR) is 105 cm³/mol. The van der Waals surface area contributed by atoms with Crippen molar-refractivity contribution in [3.8, 4) is 0 Å². The number of carbonyl (C=O) groups is 2. The molecule has 1 aromatic carbocycles. The topological polar surface area (TPSA) is 68.2 Å². The van der Waals surface area contributed by atoms with E-state index >= 15 is 0 Å². The zero-order valence-corrected chi connectivity index (χ0v) is 16.7. The van der Waals surface area contributed by atoms with E-state index in [-0.39, 0.29) is 12.5 Å². The summed E-state index contributed by atoms with van der Waals surface area (Å²) in [5.41, 5.74) is 3.09. The number of amides is 1. The van der Waals surface area contributed by atoms with Crippen molar-refractivity contribution in [1.82, 2.24) is 4.90 Å². The molecule has 0 radical (unpaired) electrons. The molecule has 6 nitrogen and oxygen atoms in total. The Balaban J connectivity index is 2.03. The molecule has 27 heavy (non-hydrogen) atoms. The summed E-state index contributed by atoms with van der Waals surface area (Å²) in [5.74, 6) is 0.225. The van der Waals surface area contributed by atoms with Gasteiger partial charge in [0.25, 0.3) is 0 Å². The molecule has 0 aromatic heterocycles. The number of methoxy groups -OCH3 is 1. The Bertz CT molecular complexity index is 786. The average molecular weight is 388 g/mol. The Morgan fingerprint density at radius 1 is 1.30 bits per heavy atom. The highest BCUT2D eigenvalue weighted by molar-refractivity contribution is 8.14. The van der Waals surface area contributed by atoms with Gasteiger partial charge >= 0.3 is 5.97 Å². The van der Waals surface area contributed by atoms with Crippen LogP contribution in [0.2, 0.25) is 0 Å². The number of rotatable bonds is 6. The van der Waals surface area contributed by atoms with Crippen molar-refractivity contribution in [2.75, 3.05) is 26.1 Å². The van der Waals surface area contributed by atoms with E-state index in [2.05, 4.69) is 11.9 Å². The van der Waals surface area contributed by atoms with Gasteiger partial charge in [0.1, 0.15) is 6.61 Å². The van der Waals surface area contributed by atoms with Gasteiger partial charge in [-0.05, 0) is 24.5 Å². The molecule has 144 valence electrons. The molecule has 3 rings (SSSR count). The number of aliphatic imine (C=N–C) groups is 1. The third-order valence-electron chi connectivity index (χ3n) is 4.65. The van der Waals surface area contributed by atoms with E-state index in [1.165, 1.54) is 5.56 Å². The lowest BCUT2D eigenvalue weighted by Crippen LogP contribution is -2.45. The van der Waals surface area contributed by atoms with Crippen LogP contribution >= 0.6 is 11.8 Å². The number of ether oxygens (including phenoxy) is 2. The Morgan fingerprint density at radius 3 is 2.70 bits per heavy atom. The molecule has 7 heteroatoms. The Hall–Kier alpha value is -2.12. The lowest BCUT2D eigenvalue weighted by molar-refractivity contribution is -0.141. The highest BCUT2D eigenvalue weighted by Gasteiger charge is 2.41. The summed E-state index contributed by atoms with van der Waals surface area (Å²) in [5, 5.41) is 0.654. The number of nitrogens with zero attached hydrogens (tertiary/aromatic N) is 2. The molecule has 1 unspecified atom stereocenters. The first-order chi connectivity index (χ1) is 13.1. The molecule has 0 saturated carbocycles. The van der Waals surface area contributed by atoms with Gasteiger partial charge in [-0.2, -0.15) is 0 Å². The summed E-state index contributed by atoms with van der Waals surface area (Å²) in [6.45, 7) is 4.37. The van der Waals surface area contributed by atoms with E-state index in [1.54, 1.807) is 30.7 Å². The first kappa shape index (κ1) is 19.6. The van der Waals surface area contributed by atoms with E-state index in [1.807, 2.05) is 24.3 Å². The number of carbonyl (C=O) groups excluding carboxylic acids is 2. The van der Waals surface area contributed by atoms with E-state index < -0.39 is 12.0 Å². The van der Waals surface area contributed by atoms with Crippen molar-refractivity contribution in [3.63, 3.8) is 0 Å². The van der Waals surface area contributed by atoms with Crippen LogP contribution in [0.25, 0.3) is 0 Å². The number of fused-ring (bicyclic) bond motifs is 1. The van der Waals surface area contributed by atoms with Crippen molar-refractivity contribution < 1.29 is 19.1 Å². The third-order valence-corrected chi connectivity index (χ3v) is 5.61. The average Bonchev–Trinajstić information content (AvgIpc) is 2.67. The van der Waals surface area contributed by atoms with Crippen molar-refractivity contribution in [3.05, 3.63) is 46.7 Å². The van der Waals surface area contributed by atoms with Crippen molar-refractivity contribution in [2.45, 2.75) is 32.7 Å². The molecule has 2 aliphatic heterocycles. The highest BCUT2D eigenvalue weighted by Crippen LogP contribution is 2.40. The normalized spacial score (nSPS) is 19.7. The van der Waals surface area contributed by atoms with Crippen LogP contribution in [0.5, 0.6) is 0 Å². The van der Waals surface area contributed by atoms with Crippen LogP contribution in [-0.4, -0.2) is 48.0 Å². The van der Waals surface area contributed by atoms with Crippen molar-refractivity contribution in [2.24, 2.45) is 4.99 Å². The summed E-state index contributed by atoms with van der Waals surface area (Å²) >= 11 is 1.54. The maximum absolute atomic E-state index is 12.8. The van der Waals surface area contributed by atoms with Gasteiger partial charge in [0.05, 0.1) is 23.9 Å². The zero-order chi connectivity index (χ0) is 19.4. The number of aryl methyl sites for hydroxylation is 1. The number of benzene rings is 1. The summed E-state index contributed by atoms with van der Waals surface area (Å²) in [4.78, 5) is 31.7. The number of amidine groups is 1. The molecule has 1 amide bonds. The van der Waals surface area contributed by atoms with Crippen LogP contribution in [-0.2, 0) is 25.5 Å². The van der Waals surface area contributed by atoms with Gasteiger partial charge in [0, 0.05) is 19.3 Å². The minimum atomic E-state index is -0.515. The number of hydrogen-bond acceptors (Lipinski definition) is 6. The van der Waals surface area contributed by atoms with Crippen LogP contribution in [0.1, 0.15) is 37.4 Å². The quantitative estimate of drug-likeness (QED) is 0.553. The van der Waals surface area contributed by atoms with Crippen LogP contribution in [0.4, 0.5) is 0 Å². The zero-order valence-electron chi connectivity index (χ0n) is 15.9. The van der Waals surface area contributed by atoms with Gasteiger partial charge in [0.15, 0.2) is 5.17 Å². The monoisotopic (exact) mass is 388 g/mol. The number of esters is 1. The van der Waals surface area contributed by atoms with Gasteiger partial charge < -0.3 is 9.47 Å². The Kier molecular flexibility index (Phi) is 6.34. The second kappa shape index (κ2) is 8.71. The van der Waals surface area contributed by atoms with Crippen LogP contribution in [0, 0.1) is 0 Å². The minimum Gasteiger partial charge on any atom is -0.460 e. The first-order valence-corrected chi connectivity index (χ1v) is 10.0. The van der Waals surface area contributed by atoms with Crippen LogP contribution in [0.3, 0.4) is 0 Å². The summed E-state index contributed by atoms with van der Waals surface area (Å²) in [6.07, 6.45) is 1.36. The molecule has 0 spiro atoms. The SMILES string of the molecule is CCc1ccc(C2C(C(=O)OCCOC)=C(C)N=C3SCCC(=O)N32)cc1. The molecule has 2 aliphatic rings. The largest absolute Gasteiger partial charge is 0.460 e. The smallest absolute Gasteiger partial charge is 0.338 e. The number of hydrogen-bond donors (Lipinski definition) is 0. The predicted octanol–water partition coefficient (Wildman–Crippen LogP) is 3.09. The lowest BCUT2D eigenvalue weighted by atomic mass is 9.93. The standard InChI is InChI=1S/C20H24N2O4S/c1-4-14-5-7-15(8-6-14)18-17(19(24)26-11-10-25-3)13(2)21-20-22(18)16(23)9-12-27-20/h5-8,18H,4,9-12H2,1-3H3. The molecule has 1 aromatic rings. The molecular formula is C20H24N2O4S. The molecule has 0 N–H and O–H groups in total. The number of thioether (sulfide) groups is 1. The number of allylic oxidation sites excluding steroid dienone is 1. The van der Waals surface area contributed by atoms with Gasteiger partial charge in [-0.3, -0.25) is 9.69 Å². The van der Waals surface area contributed by atoms with Gasteiger partial charge in [-0.25, -0.2) is 9.79 Å². The second-order valence-corrected chi connectivity index (χ2v) is 7.44. The molecule has 0 aliphatic carbocycles. The Labute approximate surface area is 163 Å². The summed E-state index contributed by atoms with van der Waals surface area (Å²) < 4.78 is 10.3. The van der Waals surface area contributed by atoms with E-state index in [0.29, 0.717) is 35.2 Å². The molecular weight excluding hydrogens is 364 g/mol. The molecule has 1 fully saturated rings. The second-order valence-electron chi connectivity index (χ2n) is 6.38. The lowest BCUT2D eigenvalue weighted by Gasteiger charge is -2.39. The van der Waals surface area contributed by atoms with E-state index in [9.17, 15) is 9.59 Å². The van der Waals surface area contributed by atoms with Gasteiger partial charge in [0.2, 0.25) is 5.91 Å². The van der Waals surface area contributed by atoms with Gasteiger partial charge in [-0.15, -0.1) is 0 Å². The third kappa shape index (κ3) is 4.09. The molecule has 1 atom stereocenters. The summed E-state index contributed by atoms with van der Waals surface area (Å²) in [6, 6.07) is 7.51. The fourth-order valence-corrected chi connectivity index (χ4v) is 4.21. The maximum Gasteiger partial charge on any atom is 0.338 e.